The van der Waals surface area contributed by atoms with Crippen LogP contribution in [0.5, 0.6) is 0 Å². The Hall–Kier alpha value is -2.44. The number of carbonyl (C=O) groups excluding carboxylic acids is 1. The largest absolute Gasteiger partial charge is 0.325 e. The molecular formula is C12H15N5O2. The second kappa shape index (κ2) is 5.47. The molecule has 0 spiro atoms. The Morgan fingerprint density at radius 2 is 2.37 bits per heavy atom. The summed E-state index contributed by atoms with van der Waals surface area (Å²) in [7, 11) is 0. The summed E-state index contributed by atoms with van der Waals surface area (Å²) in [6.07, 6.45) is 4.88. The van der Waals surface area contributed by atoms with Crippen molar-refractivity contribution in [3.63, 3.8) is 0 Å². The average Bonchev–Trinajstić information content (AvgIpc) is 2.86. The first-order chi connectivity index (χ1) is 9.11. The van der Waals surface area contributed by atoms with Crippen molar-refractivity contribution >= 4 is 11.7 Å². The highest BCUT2D eigenvalue weighted by molar-refractivity contribution is 6.02. The van der Waals surface area contributed by atoms with Gasteiger partial charge in [-0.1, -0.05) is 6.92 Å². The third kappa shape index (κ3) is 2.87. The van der Waals surface area contributed by atoms with Gasteiger partial charge in [-0.2, -0.15) is 5.10 Å². The van der Waals surface area contributed by atoms with Gasteiger partial charge in [-0.15, -0.1) is 0 Å². The minimum atomic E-state index is -0.388. The molecule has 100 valence electrons. The fourth-order valence-corrected chi connectivity index (χ4v) is 1.58. The van der Waals surface area contributed by atoms with Crippen LogP contribution in [-0.2, 0) is 0 Å². The van der Waals surface area contributed by atoms with E-state index in [4.69, 9.17) is 0 Å². The van der Waals surface area contributed by atoms with E-state index in [1.165, 1.54) is 6.20 Å². The van der Waals surface area contributed by atoms with Gasteiger partial charge in [0.05, 0.1) is 18.4 Å². The molecule has 0 saturated carbocycles. The van der Waals surface area contributed by atoms with Crippen LogP contribution < -0.4 is 10.9 Å². The molecule has 2 heterocycles. The number of nitrogens with zero attached hydrogens (tertiary/aromatic N) is 3. The summed E-state index contributed by atoms with van der Waals surface area (Å²) < 4.78 is 1.74. The van der Waals surface area contributed by atoms with Crippen LogP contribution in [-0.4, -0.2) is 25.7 Å². The molecule has 7 heteroatoms. The molecule has 0 aromatic carbocycles. The van der Waals surface area contributed by atoms with E-state index < -0.39 is 0 Å². The van der Waals surface area contributed by atoms with Gasteiger partial charge in [0.1, 0.15) is 11.5 Å². The number of nitrogens with one attached hydrogen (secondary N) is 2. The van der Waals surface area contributed by atoms with Crippen molar-refractivity contribution < 1.29 is 4.79 Å². The first kappa shape index (κ1) is 13.0. The van der Waals surface area contributed by atoms with Crippen molar-refractivity contribution in [2.24, 2.45) is 0 Å². The average molecular weight is 261 g/mol. The van der Waals surface area contributed by atoms with Gasteiger partial charge in [-0.3, -0.25) is 9.59 Å². The number of aromatic nitrogens is 4. The Morgan fingerprint density at radius 1 is 1.58 bits per heavy atom. The van der Waals surface area contributed by atoms with E-state index in [0.29, 0.717) is 5.82 Å². The molecule has 0 fully saturated rings. The number of amides is 1. The molecule has 0 aliphatic heterocycles. The lowest BCUT2D eigenvalue weighted by atomic mass is 10.3. The Labute approximate surface area is 109 Å². The zero-order chi connectivity index (χ0) is 13.8. The van der Waals surface area contributed by atoms with Crippen LogP contribution in [0.1, 0.15) is 36.8 Å². The second-order valence-electron chi connectivity index (χ2n) is 4.17. The lowest BCUT2D eigenvalue weighted by Gasteiger charge is -2.13. The van der Waals surface area contributed by atoms with Gasteiger partial charge in [0.25, 0.3) is 11.5 Å². The van der Waals surface area contributed by atoms with E-state index in [1.807, 2.05) is 13.8 Å². The molecule has 0 radical (unpaired) electrons. The number of hydrogen-bond donors (Lipinski definition) is 2. The van der Waals surface area contributed by atoms with Crippen LogP contribution >= 0.6 is 0 Å². The molecule has 2 rings (SSSR count). The maximum Gasteiger partial charge on any atom is 0.276 e. The highest BCUT2D eigenvalue weighted by Gasteiger charge is 2.13. The van der Waals surface area contributed by atoms with Gasteiger partial charge in [0.2, 0.25) is 0 Å². The third-order valence-corrected chi connectivity index (χ3v) is 2.82. The number of carbonyl (C=O) groups is 1. The number of aromatic amines is 1. The van der Waals surface area contributed by atoms with Crippen molar-refractivity contribution in [1.82, 2.24) is 19.7 Å². The lowest BCUT2D eigenvalue weighted by molar-refractivity contribution is 0.102. The molecule has 7 nitrogen and oxygen atoms in total. The van der Waals surface area contributed by atoms with Gasteiger partial charge in [-0.05, 0) is 13.3 Å². The van der Waals surface area contributed by atoms with Crippen molar-refractivity contribution in [3.05, 3.63) is 40.7 Å². The number of anilines is 1. The molecule has 1 atom stereocenters. The quantitative estimate of drug-likeness (QED) is 0.864. The van der Waals surface area contributed by atoms with Crippen LogP contribution in [0.15, 0.2) is 29.5 Å². The number of rotatable bonds is 4. The summed E-state index contributed by atoms with van der Waals surface area (Å²) in [5.74, 6) is 0.216. The van der Waals surface area contributed by atoms with Gasteiger partial charge >= 0.3 is 0 Å². The summed E-state index contributed by atoms with van der Waals surface area (Å²) in [6.45, 7) is 4.06. The van der Waals surface area contributed by atoms with Crippen LogP contribution in [0, 0.1) is 0 Å². The summed E-state index contributed by atoms with van der Waals surface area (Å²) in [6, 6.07) is 1.91. The fourth-order valence-electron chi connectivity index (χ4n) is 1.58. The highest BCUT2D eigenvalue weighted by atomic mass is 16.2. The molecule has 0 unspecified atom stereocenters. The van der Waals surface area contributed by atoms with Crippen molar-refractivity contribution in [2.75, 3.05) is 5.32 Å². The van der Waals surface area contributed by atoms with Crippen molar-refractivity contribution in [3.8, 4) is 0 Å². The smallest absolute Gasteiger partial charge is 0.276 e. The number of hydrogen-bond acceptors (Lipinski definition) is 4. The van der Waals surface area contributed by atoms with Crippen molar-refractivity contribution in [1.29, 1.82) is 0 Å². The first-order valence-electron chi connectivity index (χ1n) is 6.01. The van der Waals surface area contributed by atoms with E-state index in [0.717, 1.165) is 12.6 Å². The van der Waals surface area contributed by atoms with Gasteiger partial charge in [-0.25, -0.2) is 9.67 Å². The Bertz CT molecular complexity index is 611. The fraction of sp³-hybridized carbons (Fsp3) is 0.333. The molecule has 0 bridgehead atoms. The normalized spacial score (nSPS) is 12.1. The van der Waals surface area contributed by atoms with Gasteiger partial charge in [0.15, 0.2) is 0 Å². The van der Waals surface area contributed by atoms with Crippen LogP contribution in [0.4, 0.5) is 5.82 Å². The summed E-state index contributed by atoms with van der Waals surface area (Å²) in [5.41, 5.74) is -0.197. The van der Waals surface area contributed by atoms with E-state index in [-0.39, 0.29) is 23.2 Å². The van der Waals surface area contributed by atoms with Gasteiger partial charge < -0.3 is 10.3 Å². The molecule has 0 aliphatic carbocycles. The molecule has 2 aromatic heterocycles. The molecule has 2 N–H and O–H groups in total. The Morgan fingerprint density at radius 3 is 3.00 bits per heavy atom. The van der Waals surface area contributed by atoms with Crippen molar-refractivity contribution in [2.45, 2.75) is 26.3 Å². The molecular weight excluding hydrogens is 246 g/mol. The third-order valence-electron chi connectivity index (χ3n) is 2.82. The summed E-state index contributed by atoms with van der Waals surface area (Å²) in [4.78, 5) is 29.0. The maximum atomic E-state index is 11.9. The summed E-state index contributed by atoms with van der Waals surface area (Å²) >= 11 is 0. The first-order valence-corrected chi connectivity index (χ1v) is 6.01. The van der Waals surface area contributed by atoms with E-state index in [2.05, 4.69) is 20.4 Å². The maximum absolute atomic E-state index is 11.9. The molecule has 1 amide bonds. The molecule has 19 heavy (non-hydrogen) atoms. The van der Waals surface area contributed by atoms with E-state index in [9.17, 15) is 9.59 Å². The predicted molar refractivity (Wildman–Crippen MR) is 70.0 cm³/mol. The standard InChI is InChI=1S/C12H15N5O2/c1-3-8(2)17-10(4-5-15-17)16-12(19)9-6-14-11(18)7-13-9/h4-8H,3H2,1-2H3,(H,14,18)(H,16,19)/t8-/m0/s1. The molecule has 0 saturated heterocycles. The monoisotopic (exact) mass is 261 g/mol. The topological polar surface area (TPSA) is 92.7 Å². The SMILES string of the molecule is CC[C@H](C)n1nccc1NC(=O)c1c[nH]c(=O)cn1. The summed E-state index contributed by atoms with van der Waals surface area (Å²) in [5, 5.41) is 6.89. The number of H-pyrrole nitrogens is 1. The highest BCUT2D eigenvalue weighted by Crippen LogP contribution is 2.16. The molecule has 2 aromatic rings. The molecule has 0 aliphatic rings. The van der Waals surface area contributed by atoms with Crippen LogP contribution in [0.25, 0.3) is 0 Å². The van der Waals surface area contributed by atoms with E-state index >= 15 is 0 Å². The lowest BCUT2D eigenvalue weighted by Crippen LogP contribution is -2.20. The van der Waals surface area contributed by atoms with Crippen LogP contribution in [0.2, 0.25) is 0 Å². The minimum absolute atomic E-state index is 0.150. The Kier molecular flexibility index (Phi) is 3.74. The van der Waals surface area contributed by atoms with E-state index in [1.54, 1.807) is 16.9 Å². The minimum Gasteiger partial charge on any atom is -0.325 e. The zero-order valence-corrected chi connectivity index (χ0v) is 10.8. The van der Waals surface area contributed by atoms with Crippen LogP contribution in [0.3, 0.4) is 0 Å². The Balaban J connectivity index is 2.17. The van der Waals surface area contributed by atoms with Gasteiger partial charge in [0, 0.05) is 12.3 Å². The second-order valence-corrected chi connectivity index (χ2v) is 4.17. The predicted octanol–water partition coefficient (Wildman–Crippen LogP) is 1.19. The zero-order valence-electron chi connectivity index (χ0n) is 10.8.